The Labute approximate surface area is 90.4 Å². The smallest absolute Gasteiger partial charge is 0.239 e. The minimum atomic E-state index is -0.321. The average Bonchev–Trinajstić information content (AvgIpc) is 2.43. The number of nitrogens with two attached hydrogens (primary N) is 1. The maximum atomic E-state index is 11.9. The zero-order valence-corrected chi connectivity index (χ0v) is 9.85. The highest BCUT2D eigenvalue weighted by Crippen LogP contribution is 2.12. The molecule has 2 N–H and O–H groups in total. The minimum absolute atomic E-state index is 0.127. The standard InChI is InChI=1S/C10H20N2OS/c1-8(2)9(11)10(13)12-4-3-6-14-7-5-12/h8-9H,3-7,11H2,1-2H3. The first-order chi connectivity index (χ1) is 6.63. The fourth-order valence-corrected chi connectivity index (χ4v) is 2.35. The van der Waals surface area contributed by atoms with Crippen LogP contribution in [0.3, 0.4) is 0 Å². The normalized spacial score (nSPS) is 20.7. The van der Waals surface area contributed by atoms with E-state index in [1.54, 1.807) is 0 Å². The van der Waals surface area contributed by atoms with Gasteiger partial charge in [-0.2, -0.15) is 11.8 Å². The van der Waals surface area contributed by atoms with Crippen molar-refractivity contribution >= 4 is 17.7 Å². The van der Waals surface area contributed by atoms with E-state index in [4.69, 9.17) is 5.73 Å². The van der Waals surface area contributed by atoms with Crippen molar-refractivity contribution in [3.63, 3.8) is 0 Å². The Morgan fingerprint density at radius 3 is 2.71 bits per heavy atom. The van der Waals surface area contributed by atoms with Crippen LogP contribution >= 0.6 is 11.8 Å². The van der Waals surface area contributed by atoms with E-state index >= 15 is 0 Å². The van der Waals surface area contributed by atoms with Gasteiger partial charge in [0.2, 0.25) is 5.91 Å². The lowest BCUT2D eigenvalue weighted by molar-refractivity contribution is -0.133. The molecule has 0 aromatic heterocycles. The quantitative estimate of drug-likeness (QED) is 0.747. The van der Waals surface area contributed by atoms with Gasteiger partial charge >= 0.3 is 0 Å². The van der Waals surface area contributed by atoms with Gasteiger partial charge in [0.15, 0.2) is 0 Å². The van der Waals surface area contributed by atoms with Crippen LogP contribution in [-0.4, -0.2) is 41.4 Å². The third-order valence-corrected chi connectivity index (χ3v) is 3.59. The molecule has 1 amide bonds. The summed E-state index contributed by atoms with van der Waals surface area (Å²) in [5.41, 5.74) is 5.84. The molecule has 1 rings (SSSR count). The minimum Gasteiger partial charge on any atom is -0.340 e. The second-order valence-corrected chi connectivity index (χ2v) is 5.29. The summed E-state index contributed by atoms with van der Waals surface area (Å²) in [6.45, 7) is 5.74. The highest BCUT2D eigenvalue weighted by atomic mass is 32.2. The first kappa shape index (κ1) is 11.9. The lowest BCUT2D eigenvalue weighted by atomic mass is 10.0. The molecule has 0 bridgehead atoms. The van der Waals surface area contributed by atoms with E-state index in [1.807, 2.05) is 30.5 Å². The molecule has 14 heavy (non-hydrogen) atoms. The third-order valence-electron chi connectivity index (χ3n) is 2.54. The van der Waals surface area contributed by atoms with Crippen LogP contribution in [0.5, 0.6) is 0 Å². The van der Waals surface area contributed by atoms with Crippen molar-refractivity contribution in [2.75, 3.05) is 24.6 Å². The number of nitrogens with zero attached hydrogens (tertiary/aromatic N) is 1. The molecule has 0 aliphatic carbocycles. The Morgan fingerprint density at radius 2 is 2.07 bits per heavy atom. The van der Waals surface area contributed by atoms with Crippen LogP contribution in [0, 0.1) is 5.92 Å². The summed E-state index contributed by atoms with van der Waals surface area (Å²) in [5, 5.41) is 0. The zero-order valence-electron chi connectivity index (χ0n) is 9.03. The number of carbonyl (C=O) groups is 1. The van der Waals surface area contributed by atoms with E-state index in [1.165, 1.54) is 5.75 Å². The molecular weight excluding hydrogens is 196 g/mol. The molecule has 0 spiro atoms. The first-order valence-corrected chi connectivity index (χ1v) is 6.40. The Hall–Kier alpha value is -0.220. The summed E-state index contributed by atoms with van der Waals surface area (Å²) in [7, 11) is 0. The summed E-state index contributed by atoms with van der Waals surface area (Å²) >= 11 is 1.92. The van der Waals surface area contributed by atoms with Crippen LogP contribution in [0.1, 0.15) is 20.3 Å². The lowest BCUT2D eigenvalue weighted by Crippen LogP contribution is -2.47. The molecule has 0 radical (unpaired) electrons. The van der Waals surface area contributed by atoms with Gasteiger partial charge in [-0.15, -0.1) is 0 Å². The van der Waals surface area contributed by atoms with E-state index in [9.17, 15) is 4.79 Å². The lowest BCUT2D eigenvalue weighted by Gasteiger charge is -2.25. The zero-order chi connectivity index (χ0) is 10.6. The van der Waals surface area contributed by atoms with E-state index < -0.39 is 0 Å². The van der Waals surface area contributed by atoms with Crippen molar-refractivity contribution < 1.29 is 4.79 Å². The van der Waals surface area contributed by atoms with Gasteiger partial charge in [0.05, 0.1) is 6.04 Å². The molecule has 1 unspecified atom stereocenters. The molecule has 3 nitrogen and oxygen atoms in total. The van der Waals surface area contributed by atoms with E-state index in [-0.39, 0.29) is 17.9 Å². The van der Waals surface area contributed by atoms with Crippen molar-refractivity contribution in [2.24, 2.45) is 11.7 Å². The summed E-state index contributed by atoms with van der Waals surface area (Å²) < 4.78 is 0. The highest BCUT2D eigenvalue weighted by Gasteiger charge is 2.23. The second-order valence-electron chi connectivity index (χ2n) is 4.06. The maximum absolute atomic E-state index is 11.9. The molecule has 0 aromatic carbocycles. The molecule has 1 fully saturated rings. The molecule has 0 saturated carbocycles. The van der Waals surface area contributed by atoms with E-state index in [0.717, 1.165) is 25.3 Å². The summed E-state index contributed by atoms with van der Waals surface area (Å²) in [5.74, 6) is 2.58. The molecule has 1 aliphatic rings. The number of hydrogen-bond donors (Lipinski definition) is 1. The van der Waals surface area contributed by atoms with Gasteiger partial charge in [-0.1, -0.05) is 13.8 Å². The molecule has 0 aromatic rings. The van der Waals surface area contributed by atoms with Gasteiger partial charge in [-0.05, 0) is 18.1 Å². The fourth-order valence-electron chi connectivity index (χ4n) is 1.46. The second kappa shape index (κ2) is 5.61. The van der Waals surface area contributed by atoms with Crippen molar-refractivity contribution in [2.45, 2.75) is 26.3 Å². The predicted molar refractivity (Wildman–Crippen MR) is 61.3 cm³/mol. The Kier molecular flexibility index (Phi) is 4.75. The summed E-state index contributed by atoms with van der Waals surface area (Å²) in [6.07, 6.45) is 1.10. The van der Waals surface area contributed by atoms with Crippen LogP contribution in [-0.2, 0) is 4.79 Å². The predicted octanol–water partition coefficient (Wildman–Crippen LogP) is 0.935. The first-order valence-electron chi connectivity index (χ1n) is 5.25. The van der Waals surface area contributed by atoms with Crippen molar-refractivity contribution in [3.05, 3.63) is 0 Å². The van der Waals surface area contributed by atoms with Gasteiger partial charge in [0.1, 0.15) is 0 Å². The molecule has 4 heteroatoms. The SMILES string of the molecule is CC(C)C(N)C(=O)N1CCCSCC1. The number of rotatable bonds is 2. The molecule has 1 atom stereocenters. The Bertz CT molecular complexity index is 189. The Morgan fingerprint density at radius 1 is 1.36 bits per heavy atom. The van der Waals surface area contributed by atoms with Crippen molar-refractivity contribution in [1.29, 1.82) is 0 Å². The van der Waals surface area contributed by atoms with Crippen LogP contribution in [0.25, 0.3) is 0 Å². The van der Waals surface area contributed by atoms with E-state index in [2.05, 4.69) is 0 Å². The molecular formula is C10H20N2OS. The van der Waals surface area contributed by atoms with Gasteiger partial charge in [-0.3, -0.25) is 4.79 Å². The highest BCUT2D eigenvalue weighted by molar-refractivity contribution is 7.99. The average molecular weight is 216 g/mol. The fraction of sp³-hybridized carbons (Fsp3) is 0.900. The monoisotopic (exact) mass is 216 g/mol. The Balaban J connectivity index is 2.49. The van der Waals surface area contributed by atoms with Crippen LogP contribution in [0.4, 0.5) is 0 Å². The van der Waals surface area contributed by atoms with Gasteiger partial charge in [0.25, 0.3) is 0 Å². The number of amides is 1. The van der Waals surface area contributed by atoms with Gasteiger partial charge < -0.3 is 10.6 Å². The number of carbonyl (C=O) groups excluding carboxylic acids is 1. The molecule has 1 aliphatic heterocycles. The number of hydrogen-bond acceptors (Lipinski definition) is 3. The molecule has 1 saturated heterocycles. The summed E-state index contributed by atoms with van der Waals surface area (Å²) in [4.78, 5) is 13.8. The molecule has 82 valence electrons. The van der Waals surface area contributed by atoms with Crippen LogP contribution in [0.2, 0.25) is 0 Å². The largest absolute Gasteiger partial charge is 0.340 e. The van der Waals surface area contributed by atoms with E-state index in [0.29, 0.717) is 0 Å². The van der Waals surface area contributed by atoms with Crippen LogP contribution in [0.15, 0.2) is 0 Å². The summed E-state index contributed by atoms with van der Waals surface area (Å²) in [6, 6.07) is -0.321. The number of thioether (sulfide) groups is 1. The topological polar surface area (TPSA) is 46.3 Å². The van der Waals surface area contributed by atoms with Crippen molar-refractivity contribution in [1.82, 2.24) is 4.90 Å². The van der Waals surface area contributed by atoms with Gasteiger partial charge in [0, 0.05) is 18.8 Å². The van der Waals surface area contributed by atoms with Crippen LogP contribution < -0.4 is 5.73 Å². The third kappa shape index (κ3) is 3.17. The van der Waals surface area contributed by atoms with Crippen molar-refractivity contribution in [3.8, 4) is 0 Å². The van der Waals surface area contributed by atoms with Gasteiger partial charge in [-0.25, -0.2) is 0 Å². The maximum Gasteiger partial charge on any atom is 0.239 e. The molecule has 1 heterocycles.